The molecular formula is C50H84N4O10. The van der Waals surface area contributed by atoms with Crippen LogP contribution in [0.5, 0.6) is 0 Å². The third-order valence-electron chi connectivity index (χ3n) is 13.6. The number of carbonyl (C=O) groups excluding carboxylic acids is 6. The molecule has 0 aromatic heterocycles. The van der Waals surface area contributed by atoms with E-state index in [1.165, 1.54) is 0 Å². The molecule has 14 nitrogen and oxygen atoms in total. The standard InChI is InChI=1S/C50H84N4O10/c1-15-36(9)47(52(12)49(59)40(33(3)4)29-43(57)46(34(5)6)51(11)35(7)8)44(61-13)30-45(58)54-24-20-23-41(54)48(62-14)37(10)42(56)28-39(27-38-21-18-17-19-22-38)50(60)64-26-25-53(16-2)31-63-32-55/h17-19,21-22,32-37,39-41,44,46-48H,15-16,20,23-31H2,1-14H3/t36-,37-,39+,40-,41?,44+,46-,47-,48+/m0/s1. The van der Waals surface area contributed by atoms with E-state index in [1.54, 1.807) is 38.0 Å². The van der Waals surface area contributed by atoms with Gasteiger partial charge in [-0.05, 0) is 70.0 Å². The smallest absolute Gasteiger partial charge is 0.309 e. The van der Waals surface area contributed by atoms with Crippen molar-refractivity contribution in [2.45, 2.75) is 151 Å². The quantitative estimate of drug-likeness (QED) is 0.0466. The molecule has 2 rings (SSSR count). The molecule has 64 heavy (non-hydrogen) atoms. The first kappa shape index (κ1) is 56.4. The predicted molar refractivity (Wildman–Crippen MR) is 249 cm³/mol. The molecule has 0 saturated carbocycles. The van der Waals surface area contributed by atoms with Crippen LogP contribution in [0.3, 0.4) is 0 Å². The number of methoxy groups -OCH3 is 2. The molecule has 9 atom stereocenters. The van der Waals surface area contributed by atoms with E-state index in [0.29, 0.717) is 38.9 Å². The minimum Gasteiger partial charge on any atom is -0.464 e. The Morgan fingerprint density at radius 3 is 2.05 bits per heavy atom. The molecule has 0 N–H and O–H groups in total. The Morgan fingerprint density at radius 2 is 1.52 bits per heavy atom. The zero-order chi connectivity index (χ0) is 48.3. The largest absolute Gasteiger partial charge is 0.464 e. The van der Waals surface area contributed by atoms with E-state index in [2.05, 4.69) is 32.6 Å². The molecule has 0 bridgehead atoms. The van der Waals surface area contributed by atoms with E-state index in [0.717, 1.165) is 18.4 Å². The molecular weight excluding hydrogens is 817 g/mol. The van der Waals surface area contributed by atoms with Gasteiger partial charge < -0.3 is 28.7 Å². The number of benzene rings is 1. The van der Waals surface area contributed by atoms with Gasteiger partial charge in [0.1, 0.15) is 19.1 Å². The van der Waals surface area contributed by atoms with E-state index < -0.39 is 48.0 Å². The highest BCUT2D eigenvalue weighted by Gasteiger charge is 2.44. The average molecular weight is 901 g/mol. The minimum absolute atomic E-state index is 0.0139. The fourth-order valence-corrected chi connectivity index (χ4v) is 9.35. The van der Waals surface area contributed by atoms with E-state index >= 15 is 0 Å². The molecule has 1 aromatic carbocycles. The number of hydrogen-bond donors (Lipinski definition) is 0. The Labute approximate surface area is 385 Å². The number of nitrogens with zero attached hydrogens (tertiary/aromatic N) is 4. The van der Waals surface area contributed by atoms with Crippen molar-refractivity contribution in [3.05, 3.63) is 35.9 Å². The van der Waals surface area contributed by atoms with Gasteiger partial charge >= 0.3 is 5.97 Å². The number of likely N-dealkylation sites (tertiary alicyclic amines) is 1. The molecule has 1 aromatic rings. The highest BCUT2D eigenvalue weighted by molar-refractivity contribution is 5.90. The fourth-order valence-electron chi connectivity index (χ4n) is 9.35. The SMILES string of the molecule is CC[C@H](C)[C@@H]([C@@H](CC(=O)N1CCCC1[C@H](OC)[C@@H](C)C(=O)C[C@@H](Cc1ccccc1)C(=O)OCCN(CC)COC=O)OC)N(C)C(=O)[C@@H](CC(=O)[C@H](C(C)C)N(C)C(C)C)C(C)C. The summed E-state index contributed by atoms with van der Waals surface area (Å²) in [6, 6.07) is 8.51. The molecule has 0 spiro atoms. The second-order valence-electron chi connectivity index (χ2n) is 18.9. The van der Waals surface area contributed by atoms with Crippen molar-refractivity contribution in [3.8, 4) is 0 Å². The third-order valence-corrected chi connectivity index (χ3v) is 13.6. The number of Topliss-reactive ketones (excluding diaryl/α,β-unsaturated/α-hetero) is 2. The number of carbonyl (C=O) groups is 6. The highest BCUT2D eigenvalue weighted by atomic mass is 16.5. The maximum atomic E-state index is 14.5. The Balaban J connectivity index is 2.30. The number of amides is 2. The Hall–Kier alpha value is -3.72. The van der Waals surface area contributed by atoms with E-state index in [4.69, 9.17) is 18.9 Å². The van der Waals surface area contributed by atoms with Crippen LogP contribution in [0.1, 0.15) is 113 Å². The summed E-state index contributed by atoms with van der Waals surface area (Å²) in [4.78, 5) is 88.7. The van der Waals surface area contributed by atoms with Crippen molar-refractivity contribution in [3.63, 3.8) is 0 Å². The topological polar surface area (TPSA) is 152 Å². The first-order valence-corrected chi connectivity index (χ1v) is 23.7. The predicted octanol–water partition coefficient (Wildman–Crippen LogP) is 6.32. The lowest BCUT2D eigenvalue weighted by molar-refractivity contribution is -0.152. The molecule has 14 heteroatoms. The van der Waals surface area contributed by atoms with Crippen molar-refractivity contribution < 1.29 is 47.7 Å². The number of esters is 1. The van der Waals surface area contributed by atoms with E-state index in [-0.39, 0.29) is 85.8 Å². The monoisotopic (exact) mass is 901 g/mol. The van der Waals surface area contributed by atoms with E-state index in [1.807, 2.05) is 76.9 Å². The van der Waals surface area contributed by atoms with Crippen LogP contribution in [0.2, 0.25) is 0 Å². The number of rotatable bonds is 31. The van der Waals surface area contributed by atoms with Gasteiger partial charge in [0, 0.05) is 65.1 Å². The van der Waals surface area contributed by atoms with Crippen molar-refractivity contribution >= 4 is 35.8 Å². The van der Waals surface area contributed by atoms with Gasteiger partial charge in [-0.3, -0.25) is 38.6 Å². The summed E-state index contributed by atoms with van der Waals surface area (Å²) in [6.07, 6.45) is 1.21. The molecule has 1 aliphatic rings. The van der Waals surface area contributed by atoms with Crippen LogP contribution in [-0.4, -0.2) is 153 Å². The molecule has 1 saturated heterocycles. The minimum atomic E-state index is -0.747. The van der Waals surface area contributed by atoms with Gasteiger partial charge in [0.25, 0.3) is 6.47 Å². The molecule has 1 unspecified atom stereocenters. The number of likely N-dealkylation sites (N-methyl/N-ethyl adjacent to an activating group) is 3. The van der Waals surface area contributed by atoms with Gasteiger partial charge in [0.05, 0.1) is 42.7 Å². The highest BCUT2D eigenvalue weighted by Crippen LogP contribution is 2.32. The summed E-state index contributed by atoms with van der Waals surface area (Å²) >= 11 is 0. The van der Waals surface area contributed by atoms with Crippen molar-refractivity contribution in [1.82, 2.24) is 19.6 Å². The van der Waals surface area contributed by atoms with Gasteiger partial charge in [-0.25, -0.2) is 0 Å². The Bertz CT molecular complexity index is 1590. The van der Waals surface area contributed by atoms with Gasteiger partial charge in [-0.2, -0.15) is 0 Å². The lowest BCUT2D eigenvalue weighted by Gasteiger charge is -2.41. The number of hydrogen-bond acceptors (Lipinski definition) is 12. The fraction of sp³-hybridized carbons (Fsp3) is 0.760. The summed E-state index contributed by atoms with van der Waals surface area (Å²) in [5.74, 6) is -2.86. The van der Waals surface area contributed by atoms with Crippen LogP contribution in [-0.2, 0) is 54.1 Å². The van der Waals surface area contributed by atoms with Crippen LogP contribution in [0.15, 0.2) is 30.3 Å². The summed E-state index contributed by atoms with van der Waals surface area (Å²) in [5.41, 5.74) is 0.897. The third kappa shape index (κ3) is 16.3. The lowest BCUT2D eigenvalue weighted by atomic mass is 9.83. The van der Waals surface area contributed by atoms with Crippen LogP contribution < -0.4 is 0 Å². The molecule has 0 radical (unpaired) electrons. The first-order valence-electron chi connectivity index (χ1n) is 23.7. The number of ketones is 2. The second-order valence-corrected chi connectivity index (χ2v) is 18.9. The van der Waals surface area contributed by atoms with Crippen molar-refractivity contribution in [2.24, 2.45) is 35.5 Å². The Morgan fingerprint density at radius 1 is 0.859 bits per heavy atom. The van der Waals surface area contributed by atoms with E-state index in [9.17, 15) is 28.8 Å². The van der Waals surface area contributed by atoms with Crippen LogP contribution in [0, 0.1) is 35.5 Å². The van der Waals surface area contributed by atoms with Crippen LogP contribution in [0.4, 0.5) is 0 Å². The number of ether oxygens (including phenoxy) is 4. The lowest BCUT2D eigenvalue weighted by Crippen LogP contribution is -2.54. The zero-order valence-corrected chi connectivity index (χ0v) is 41.7. The van der Waals surface area contributed by atoms with Gasteiger partial charge in [-0.1, -0.05) is 92.1 Å². The molecule has 2 amide bonds. The molecule has 1 aliphatic heterocycles. The molecule has 0 aliphatic carbocycles. The summed E-state index contributed by atoms with van der Waals surface area (Å²) in [5, 5.41) is 0. The maximum Gasteiger partial charge on any atom is 0.309 e. The maximum absolute atomic E-state index is 14.5. The van der Waals surface area contributed by atoms with Gasteiger partial charge in [0.2, 0.25) is 11.8 Å². The van der Waals surface area contributed by atoms with Crippen molar-refractivity contribution in [1.29, 1.82) is 0 Å². The summed E-state index contributed by atoms with van der Waals surface area (Å²) in [6.45, 7) is 22.0. The van der Waals surface area contributed by atoms with Crippen LogP contribution >= 0.6 is 0 Å². The Kier molecular flexibility index (Phi) is 25.0. The zero-order valence-electron chi connectivity index (χ0n) is 41.7. The second kappa shape index (κ2) is 28.3. The van der Waals surface area contributed by atoms with Crippen LogP contribution in [0.25, 0.3) is 0 Å². The summed E-state index contributed by atoms with van der Waals surface area (Å²) < 4.78 is 22.7. The van der Waals surface area contributed by atoms with Gasteiger partial charge in [0.15, 0.2) is 5.78 Å². The van der Waals surface area contributed by atoms with Crippen molar-refractivity contribution in [2.75, 3.05) is 61.3 Å². The summed E-state index contributed by atoms with van der Waals surface area (Å²) in [7, 11) is 6.86. The molecule has 364 valence electrons. The normalized spacial score (nSPS) is 18.1. The molecule has 1 fully saturated rings. The molecule has 1 heterocycles. The average Bonchev–Trinajstić information content (AvgIpc) is 3.75. The van der Waals surface area contributed by atoms with Gasteiger partial charge in [-0.15, -0.1) is 0 Å². The first-order chi connectivity index (χ1) is 30.3.